The third kappa shape index (κ3) is 26.3. The van der Waals surface area contributed by atoms with Crippen LogP contribution >= 0.6 is 0 Å². The number of hydrogen-bond acceptors (Lipinski definition) is 9. The molecule has 1 aliphatic rings. The second-order valence-electron chi connectivity index (χ2n) is 18.0. The molecule has 62 heavy (non-hydrogen) atoms. The second kappa shape index (κ2) is 36.7. The van der Waals surface area contributed by atoms with Crippen LogP contribution in [0.25, 0.3) is 0 Å². The van der Waals surface area contributed by atoms with Gasteiger partial charge in [-0.1, -0.05) is 174 Å². The normalized spacial score (nSPS) is 20.0. The van der Waals surface area contributed by atoms with Crippen molar-refractivity contribution < 1.29 is 44.3 Å². The molecule has 0 unspecified atom stereocenters. The fourth-order valence-corrected chi connectivity index (χ4v) is 8.26. The third-order valence-electron chi connectivity index (χ3n) is 12.2. The number of nitrogens with one attached hydrogen (secondary N) is 2. The molecule has 1 aliphatic heterocycles. The first-order chi connectivity index (χ1) is 29.9. The van der Waals surface area contributed by atoms with Crippen molar-refractivity contribution in [2.45, 2.75) is 262 Å². The van der Waals surface area contributed by atoms with Gasteiger partial charge in [-0.05, 0) is 45.4 Å². The van der Waals surface area contributed by atoms with Crippen LogP contribution in [0.15, 0.2) is 12.2 Å². The molecule has 8 N–H and O–H groups in total. The summed E-state index contributed by atoms with van der Waals surface area (Å²) in [4.78, 5) is 53.1. The summed E-state index contributed by atoms with van der Waals surface area (Å²) < 4.78 is 6.21. The molecule has 3 amide bonds. The first-order valence-electron chi connectivity index (χ1n) is 25.1. The molecule has 0 spiro atoms. The number of hydrogen-bond donors (Lipinski definition) is 7. The van der Waals surface area contributed by atoms with E-state index in [1.165, 1.54) is 121 Å². The number of nitrogens with zero attached hydrogens (tertiary/aromatic N) is 1. The summed E-state index contributed by atoms with van der Waals surface area (Å²) in [7, 11) is 0. The lowest BCUT2D eigenvalue weighted by molar-refractivity contribution is -0.280. The summed E-state index contributed by atoms with van der Waals surface area (Å²) in [5.41, 5.74) is 5.72. The van der Waals surface area contributed by atoms with Crippen molar-refractivity contribution in [2.75, 3.05) is 13.2 Å². The number of aliphatic carboxylic acids is 1. The fraction of sp³-hybridized carbons (Fsp3) is 0.878. The van der Waals surface area contributed by atoms with Gasteiger partial charge < -0.3 is 41.5 Å². The van der Waals surface area contributed by atoms with E-state index in [0.29, 0.717) is 12.8 Å². The van der Waals surface area contributed by atoms with Crippen molar-refractivity contribution in [1.29, 1.82) is 0 Å². The standard InChI is InChI=1S/C49H92N4O9/c1-4-6-8-10-12-14-16-18-20-22-24-26-28-30-32-34-36-53(44(56)35-33-31-29-27-25-23-21-19-17-15-13-11-9-7-5-2)49(38-42(55)46(59)43(39-54)62-49)52-47(60)40(3)51-48(61)41(50)37-45(57)58/h19,21,40-43,46,54-55,59H,4-18,20,22-39,50H2,1-3H3,(H,51,61)(H,52,60)(H,57,58)/b21-19-/t40-,41-,42+,43+,46-,49-/m0/s1. The first-order valence-corrected chi connectivity index (χ1v) is 25.1. The molecule has 0 aromatic rings. The number of carbonyl (C=O) groups is 4. The van der Waals surface area contributed by atoms with Gasteiger partial charge in [-0.15, -0.1) is 0 Å². The molecule has 0 aromatic heterocycles. The van der Waals surface area contributed by atoms with Crippen molar-refractivity contribution in [3.05, 3.63) is 12.2 Å². The predicted octanol–water partition coefficient (Wildman–Crippen LogP) is 8.69. The highest BCUT2D eigenvalue weighted by Crippen LogP contribution is 2.33. The topological polar surface area (TPSA) is 212 Å². The van der Waals surface area contributed by atoms with E-state index in [1.54, 1.807) is 0 Å². The molecule has 0 saturated carbocycles. The Morgan fingerprint density at radius 1 is 0.694 bits per heavy atom. The quantitative estimate of drug-likeness (QED) is 0.0177. The van der Waals surface area contributed by atoms with Gasteiger partial charge in [0.25, 0.3) is 0 Å². The fourth-order valence-electron chi connectivity index (χ4n) is 8.26. The van der Waals surface area contributed by atoms with Gasteiger partial charge in [0.1, 0.15) is 18.2 Å². The molecule has 0 bridgehead atoms. The van der Waals surface area contributed by atoms with Gasteiger partial charge in [0.15, 0.2) is 0 Å². The van der Waals surface area contributed by atoms with Gasteiger partial charge in [-0.3, -0.25) is 24.1 Å². The Hall–Kier alpha value is -2.58. The minimum Gasteiger partial charge on any atom is -0.481 e. The van der Waals surface area contributed by atoms with Crippen molar-refractivity contribution in [3.63, 3.8) is 0 Å². The van der Waals surface area contributed by atoms with Crippen LogP contribution in [0, 0.1) is 0 Å². The van der Waals surface area contributed by atoms with Crippen molar-refractivity contribution in [3.8, 4) is 0 Å². The Kier molecular flexibility index (Phi) is 34.0. The maximum absolute atomic E-state index is 14.2. The van der Waals surface area contributed by atoms with Crippen molar-refractivity contribution >= 4 is 23.7 Å². The van der Waals surface area contributed by atoms with Crippen molar-refractivity contribution in [2.24, 2.45) is 5.73 Å². The maximum Gasteiger partial charge on any atom is 0.305 e. The third-order valence-corrected chi connectivity index (χ3v) is 12.2. The number of carbonyl (C=O) groups excluding carboxylic acids is 3. The zero-order valence-corrected chi connectivity index (χ0v) is 39.4. The van der Waals surface area contributed by atoms with Gasteiger partial charge in [0.2, 0.25) is 23.6 Å². The molecule has 362 valence electrons. The number of unbranched alkanes of at least 4 members (excludes halogenated alkanes) is 26. The van der Waals surface area contributed by atoms with Crippen LogP contribution in [-0.2, 0) is 23.9 Å². The molecular formula is C49H92N4O9. The lowest BCUT2D eigenvalue weighted by Crippen LogP contribution is -2.72. The number of allylic oxidation sites excluding steroid dienone is 2. The lowest BCUT2D eigenvalue weighted by Gasteiger charge is -2.51. The number of nitrogens with two attached hydrogens (primary N) is 1. The molecule has 0 aliphatic carbocycles. The van der Waals surface area contributed by atoms with E-state index in [0.717, 1.165) is 64.2 Å². The molecule has 1 heterocycles. The smallest absolute Gasteiger partial charge is 0.305 e. The SMILES string of the molecule is CCCCCCCC/C=C\CCCCCCCC(=O)N(CCCCCCCCCCCCCCCCCC)[C@@]1(NC(=O)[C@H](C)NC(=O)[C@@H](N)CC(=O)O)C[C@@H](O)[C@H](O)[C@@H](CO)O1. The van der Waals surface area contributed by atoms with E-state index in [2.05, 4.69) is 36.6 Å². The summed E-state index contributed by atoms with van der Waals surface area (Å²) in [5, 5.41) is 46.2. The maximum atomic E-state index is 14.2. The first kappa shape index (κ1) is 57.4. The van der Waals surface area contributed by atoms with Crippen LogP contribution in [0.1, 0.15) is 226 Å². The van der Waals surface area contributed by atoms with Gasteiger partial charge >= 0.3 is 5.97 Å². The number of carboxylic acid groups (broad SMARTS) is 1. The number of rotatable bonds is 40. The van der Waals surface area contributed by atoms with Crippen LogP contribution in [0.3, 0.4) is 0 Å². The number of amides is 3. The van der Waals surface area contributed by atoms with Gasteiger partial charge in [0.05, 0.1) is 25.2 Å². The highest BCUT2D eigenvalue weighted by atomic mass is 16.6. The highest BCUT2D eigenvalue weighted by Gasteiger charge is 2.52. The van der Waals surface area contributed by atoms with Crippen molar-refractivity contribution in [1.82, 2.24) is 15.5 Å². The molecule has 1 rings (SSSR count). The number of carboxylic acids is 1. The van der Waals surface area contributed by atoms with E-state index >= 15 is 0 Å². The Balaban J connectivity index is 2.87. The Morgan fingerprint density at radius 2 is 1.13 bits per heavy atom. The van der Waals surface area contributed by atoms with Gasteiger partial charge in [0, 0.05) is 19.4 Å². The van der Waals surface area contributed by atoms with Crippen LogP contribution in [0.2, 0.25) is 0 Å². The molecule has 1 fully saturated rings. The van der Waals surface area contributed by atoms with Gasteiger partial charge in [-0.2, -0.15) is 0 Å². The van der Waals surface area contributed by atoms with E-state index in [4.69, 9.17) is 15.6 Å². The molecule has 0 radical (unpaired) electrons. The number of aliphatic hydroxyl groups excluding tert-OH is 3. The summed E-state index contributed by atoms with van der Waals surface area (Å²) >= 11 is 0. The van der Waals surface area contributed by atoms with Gasteiger partial charge in [-0.25, -0.2) is 0 Å². The van der Waals surface area contributed by atoms with Crippen LogP contribution < -0.4 is 16.4 Å². The lowest BCUT2D eigenvalue weighted by atomic mass is 9.96. The molecular weight excluding hydrogens is 789 g/mol. The largest absolute Gasteiger partial charge is 0.481 e. The number of aliphatic hydroxyl groups is 3. The monoisotopic (exact) mass is 881 g/mol. The van der Waals surface area contributed by atoms with Crippen LogP contribution in [0.5, 0.6) is 0 Å². The zero-order chi connectivity index (χ0) is 45.9. The minimum atomic E-state index is -1.93. The summed E-state index contributed by atoms with van der Waals surface area (Å²) in [6.45, 7) is 5.40. The van der Waals surface area contributed by atoms with Crippen LogP contribution in [-0.4, -0.2) is 98.4 Å². The molecule has 6 atom stereocenters. The summed E-state index contributed by atoms with van der Waals surface area (Å²) in [5.74, 6) is -5.10. The molecule has 13 nitrogen and oxygen atoms in total. The molecule has 0 aromatic carbocycles. The predicted molar refractivity (Wildman–Crippen MR) is 248 cm³/mol. The van der Waals surface area contributed by atoms with E-state index in [9.17, 15) is 34.5 Å². The second-order valence-corrected chi connectivity index (χ2v) is 18.0. The summed E-state index contributed by atoms with van der Waals surface area (Å²) in [6.07, 6.45) is 33.2. The molecule has 13 heteroatoms. The summed E-state index contributed by atoms with van der Waals surface area (Å²) in [6, 6.07) is -2.62. The average Bonchev–Trinajstić information content (AvgIpc) is 3.24. The number of ether oxygens (including phenoxy) is 1. The Bertz CT molecular complexity index is 1210. The van der Waals surface area contributed by atoms with E-state index in [1.807, 2.05) is 0 Å². The Morgan fingerprint density at radius 3 is 1.58 bits per heavy atom. The van der Waals surface area contributed by atoms with Crippen LogP contribution in [0.4, 0.5) is 0 Å². The molecule has 1 saturated heterocycles. The average molecular weight is 881 g/mol. The van der Waals surface area contributed by atoms with E-state index in [-0.39, 0.29) is 25.3 Å². The minimum absolute atomic E-state index is 0.177. The zero-order valence-electron chi connectivity index (χ0n) is 39.4. The highest BCUT2D eigenvalue weighted by molar-refractivity contribution is 5.91. The van der Waals surface area contributed by atoms with E-state index < -0.39 is 67.1 Å². The Labute approximate surface area is 376 Å².